The molecule has 0 saturated heterocycles. The van der Waals surface area contributed by atoms with Crippen LogP contribution in [0.1, 0.15) is 28.5 Å². The van der Waals surface area contributed by atoms with E-state index in [1.807, 2.05) is 49.4 Å². The van der Waals surface area contributed by atoms with E-state index in [9.17, 15) is 4.79 Å². The lowest BCUT2D eigenvalue weighted by Gasteiger charge is -2.03. The van der Waals surface area contributed by atoms with Crippen molar-refractivity contribution >= 4 is 18.1 Å². The summed E-state index contributed by atoms with van der Waals surface area (Å²) >= 11 is 0. The standard InChI is InChI=1S/C16H13NO2/c1-11-8-12(6-7-17-11)9-15-13-4-2-3-5-14(13)16(10-18)19-15/h2-10,16H,1H3. The van der Waals surface area contributed by atoms with Gasteiger partial charge < -0.3 is 4.74 Å². The van der Waals surface area contributed by atoms with Crippen molar-refractivity contribution in [3.63, 3.8) is 0 Å². The summed E-state index contributed by atoms with van der Waals surface area (Å²) in [5.74, 6) is 0.735. The molecule has 0 saturated carbocycles. The lowest BCUT2D eigenvalue weighted by Crippen LogP contribution is -1.95. The summed E-state index contributed by atoms with van der Waals surface area (Å²) in [6.07, 6.45) is 4.04. The zero-order valence-corrected chi connectivity index (χ0v) is 10.5. The molecule has 0 fully saturated rings. The van der Waals surface area contributed by atoms with Crippen LogP contribution in [-0.2, 0) is 9.53 Å². The number of aldehydes is 1. The summed E-state index contributed by atoms with van der Waals surface area (Å²) in [6, 6.07) is 11.7. The molecule has 2 heterocycles. The molecule has 2 aromatic rings. The average Bonchev–Trinajstić information content (AvgIpc) is 2.77. The van der Waals surface area contributed by atoms with Gasteiger partial charge in [0.2, 0.25) is 0 Å². The van der Waals surface area contributed by atoms with Gasteiger partial charge in [-0.3, -0.25) is 9.78 Å². The molecule has 0 amide bonds. The third-order valence-electron chi connectivity index (χ3n) is 3.13. The number of carbonyl (C=O) groups excluding carboxylic acids is 1. The fourth-order valence-electron chi connectivity index (χ4n) is 2.25. The third-order valence-corrected chi connectivity index (χ3v) is 3.13. The van der Waals surface area contributed by atoms with E-state index in [0.29, 0.717) is 0 Å². The van der Waals surface area contributed by atoms with Crippen molar-refractivity contribution < 1.29 is 9.53 Å². The van der Waals surface area contributed by atoms with Crippen molar-refractivity contribution in [2.24, 2.45) is 0 Å². The van der Waals surface area contributed by atoms with E-state index in [1.54, 1.807) is 6.20 Å². The Labute approximate surface area is 111 Å². The molecule has 0 bridgehead atoms. The van der Waals surface area contributed by atoms with Crippen molar-refractivity contribution in [1.29, 1.82) is 0 Å². The van der Waals surface area contributed by atoms with Crippen LogP contribution in [-0.4, -0.2) is 11.3 Å². The maximum Gasteiger partial charge on any atom is 0.179 e. The van der Waals surface area contributed by atoms with Gasteiger partial charge in [-0.2, -0.15) is 0 Å². The van der Waals surface area contributed by atoms with Gasteiger partial charge in [-0.05, 0) is 30.7 Å². The number of pyridine rings is 1. The number of aromatic nitrogens is 1. The number of hydrogen-bond donors (Lipinski definition) is 0. The predicted octanol–water partition coefficient (Wildman–Crippen LogP) is 3.16. The van der Waals surface area contributed by atoms with E-state index >= 15 is 0 Å². The number of aryl methyl sites for hydroxylation is 1. The van der Waals surface area contributed by atoms with Crippen LogP contribution in [0.25, 0.3) is 11.8 Å². The SMILES string of the molecule is Cc1cc(C=C2OC(C=O)c3ccccc32)ccn1. The highest BCUT2D eigenvalue weighted by molar-refractivity contribution is 5.84. The number of fused-ring (bicyclic) bond motifs is 1. The molecular formula is C16H13NO2. The molecule has 1 unspecified atom stereocenters. The molecule has 0 aliphatic carbocycles. The van der Waals surface area contributed by atoms with Crippen LogP contribution >= 0.6 is 0 Å². The van der Waals surface area contributed by atoms with Gasteiger partial charge in [-0.15, -0.1) is 0 Å². The predicted molar refractivity (Wildman–Crippen MR) is 73.2 cm³/mol. The minimum atomic E-state index is -0.495. The molecule has 1 aromatic heterocycles. The smallest absolute Gasteiger partial charge is 0.179 e. The van der Waals surface area contributed by atoms with Crippen LogP contribution in [0.5, 0.6) is 0 Å². The fourth-order valence-corrected chi connectivity index (χ4v) is 2.25. The second-order valence-electron chi connectivity index (χ2n) is 4.50. The van der Waals surface area contributed by atoms with Gasteiger partial charge in [0.05, 0.1) is 0 Å². The van der Waals surface area contributed by atoms with Crippen LogP contribution in [0.4, 0.5) is 0 Å². The molecule has 0 radical (unpaired) electrons. The maximum absolute atomic E-state index is 11.1. The molecule has 1 aromatic carbocycles. The average molecular weight is 251 g/mol. The summed E-state index contributed by atoms with van der Waals surface area (Å²) in [4.78, 5) is 15.2. The number of rotatable bonds is 2. The number of ether oxygens (including phenoxy) is 1. The lowest BCUT2D eigenvalue weighted by atomic mass is 10.0. The Hall–Kier alpha value is -2.42. The van der Waals surface area contributed by atoms with Gasteiger partial charge in [0.15, 0.2) is 12.4 Å². The van der Waals surface area contributed by atoms with Crippen molar-refractivity contribution in [3.8, 4) is 0 Å². The number of carbonyl (C=O) groups is 1. The van der Waals surface area contributed by atoms with Gasteiger partial charge in [0, 0.05) is 23.0 Å². The van der Waals surface area contributed by atoms with Crippen LogP contribution in [0.3, 0.4) is 0 Å². The molecule has 94 valence electrons. The molecule has 1 aliphatic heterocycles. The summed E-state index contributed by atoms with van der Waals surface area (Å²) in [5, 5.41) is 0. The van der Waals surface area contributed by atoms with E-state index in [-0.39, 0.29) is 0 Å². The molecule has 3 heteroatoms. The van der Waals surface area contributed by atoms with E-state index in [1.165, 1.54) is 0 Å². The molecule has 1 aliphatic rings. The molecule has 19 heavy (non-hydrogen) atoms. The summed E-state index contributed by atoms with van der Waals surface area (Å²) in [6.45, 7) is 1.94. The first kappa shape index (κ1) is 11.7. The fraction of sp³-hybridized carbons (Fsp3) is 0.125. The maximum atomic E-state index is 11.1. The Morgan fingerprint density at radius 2 is 2.11 bits per heavy atom. The molecule has 1 atom stereocenters. The number of nitrogens with zero attached hydrogens (tertiary/aromatic N) is 1. The highest BCUT2D eigenvalue weighted by Gasteiger charge is 2.26. The van der Waals surface area contributed by atoms with Gasteiger partial charge in [0.25, 0.3) is 0 Å². The normalized spacial score (nSPS) is 19.0. The second kappa shape index (κ2) is 4.69. The summed E-state index contributed by atoms with van der Waals surface area (Å²) in [7, 11) is 0. The van der Waals surface area contributed by atoms with Gasteiger partial charge in [-0.1, -0.05) is 24.3 Å². The minimum Gasteiger partial charge on any atom is -0.478 e. The van der Waals surface area contributed by atoms with Gasteiger partial charge >= 0.3 is 0 Å². The van der Waals surface area contributed by atoms with Crippen LogP contribution in [0.2, 0.25) is 0 Å². The Morgan fingerprint density at radius 1 is 1.26 bits per heavy atom. The van der Waals surface area contributed by atoms with E-state index in [2.05, 4.69) is 4.98 Å². The van der Waals surface area contributed by atoms with Crippen LogP contribution in [0.15, 0.2) is 42.6 Å². The Balaban J connectivity index is 2.06. The second-order valence-corrected chi connectivity index (χ2v) is 4.50. The third kappa shape index (κ3) is 2.15. The largest absolute Gasteiger partial charge is 0.478 e. The molecular weight excluding hydrogens is 238 g/mol. The zero-order valence-electron chi connectivity index (χ0n) is 10.5. The quantitative estimate of drug-likeness (QED) is 0.770. The first-order valence-corrected chi connectivity index (χ1v) is 6.13. The number of hydrogen-bond acceptors (Lipinski definition) is 3. The first-order chi connectivity index (χ1) is 9.28. The first-order valence-electron chi connectivity index (χ1n) is 6.13. The van der Waals surface area contributed by atoms with E-state index in [4.69, 9.17) is 4.74 Å². The Bertz CT molecular complexity index is 661. The van der Waals surface area contributed by atoms with Crippen molar-refractivity contribution in [2.45, 2.75) is 13.0 Å². The minimum absolute atomic E-state index is 0.495. The van der Waals surface area contributed by atoms with Gasteiger partial charge in [-0.25, -0.2) is 0 Å². The molecule has 0 spiro atoms. The van der Waals surface area contributed by atoms with Crippen molar-refractivity contribution in [2.75, 3.05) is 0 Å². The monoisotopic (exact) mass is 251 g/mol. The Kier molecular flexibility index (Phi) is 2.88. The topological polar surface area (TPSA) is 39.2 Å². The van der Waals surface area contributed by atoms with Gasteiger partial charge in [0.1, 0.15) is 5.76 Å². The lowest BCUT2D eigenvalue weighted by molar-refractivity contribution is -0.114. The van der Waals surface area contributed by atoms with Crippen molar-refractivity contribution in [1.82, 2.24) is 4.98 Å². The summed E-state index contributed by atoms with van der Waals surface area (Å²) in [5.41, 5.74) is 3.88. The highest BCUT2D eigenvalue weighted by Crippen LogP contribution is 2.37. The molecule has 3 rings (SSSR count). The summed E-state index contributed by atoms with van der Waals surface area (Å²) < 4.78 is 5.70. The zero-order chi connectivity index (χ0) is 13.2. The van der Waals surface area contributed by atoms with Crippen LogP contribution in [0, 0.1) is 6.92 Å². The molecule has 0 N–H and O–H groups in total. The van der Waals surface area contributed by atoms with E-state index < -0.39 is 6.10 Å². The molecule has 3 nitrogen and oxygen atoms in total. The van der Waals surface area contributed by atoms with Crippen molar-refractivity contribution in [3.05, 3.63) is 65.0 Å². The van der Waals surface area contributed by atoms with E-state index in [0.717, 1.165) is 34.4 Å². The highest BCUT2D eigenvalue weighted by atomic mass is 16.5. The number of benzene rings is 1. The van der Waals surface area contributed by atoms with Crippen LogP contribution < -0.4 is 0 Å². The Morgan fingerprint density at radius 3 is 2.89 bits per heavy atom.